The number of nitrogens with one attached hydrogen (secondary N) is 1. The van der Waals surface area contributed by atoms with Crippen molar-refractivity contribution in [3.63, 3.8) is 0 Å². The number of rotatable bonds is 7. The standard InChI is InChI=1S/C13H19N3OS/c1-2-12-4-5-13(18-12)9-14-8-11(17)10-16-7-3-6-15-16/h3-7,11,14,17H,2,8-10H2,1H3. The fourth-order valence-corrected chi connectivity index (χ4v) is 2.69. The van der Waals surface area contributed by atoms with Crippen LogP contribution in [0.2, 0.25) is 0 Å². The number of hydrogen-bond acceptors (Lipinski definition) is 4. The molecule has 0 bridgehead atoms. The molecule has 0 spiro atoms. The summed E-state index contributed by atoms with van der Waals surface area (Å²) in [4.78, 5) is 2.72. The van der Waals surface area contributed by atoms with Crippen molar-refractivity contribution in [2.75, 3.05) is 6.54 Å². The maximum absolute atomic E-state index is 9.83. The Bertz CT molecular complexity index is 453. The van der Waals surface area contributed by atoms with E-state index in [1.165, 1.54) is 9.75 Å². The van der Waals surface area contributed by atoms with Gasteiger partial charge in [-0.2, -0.15) is 5.10 Å². The zero-order valence-corrected chi connectivity index (χ0v) is 11.4. The number of hydrogen-bond donors (Lipinski definition) is 2. The Morgan fingerprint density at radius 2 is 2.28 bits per heavy atom. The number of thiophene rings is 1. The summed E-state index contributed by atoms with van der Waals surface area (Å²) in [5, 5.41) is 17.2. The molecule has 0 saturated carbocycles. The molecule has 4 nitrogen and oxygen atoms in total. The van der Waals surface area contributed by atoms with E-state index in [4.69, 9.17) is 0 Å². The van der Waals surface area contributed by atoms with E-state index >= 15 is 0 Å². The summed E-state index contributed by atoms with van der Waals surface area (Å²) < 4.78 is 1.74. The van der Waals surface area contributed by atoms with Crippen molar-refractivity contribution in [1.29, 1.82) is 0 Å². The van der Waals surface area contributed by atoms with Crippen molar-refractivity contribution in [2.24, 2.45) is 0 Å². The van der Waals surface area contributed by atoms with Crippen LogP contribution in [0.25, 0.3) is 0 Å². The molecule has 0 aliphatic heterocycles. The molecule has 1 atom stereocenters. The van der Waals surface area contributed by atoms with Crippen LogP contribution in [-0.4, -0.2) is 27.5 Å². The van der Waals surface area contributed by atoms with Crippen molar-refractivity contribution in [3.8, 4) is 0 Å². The smallest absolute Gasteiger partial charge is 0.0860 e. The summed E-state index contributed by atoms with van der Waals surface area (Å²) in [6.45, 7) is 4.10. The van der Waals surface area contributed by atoms with E-state index in [-0.39, 0.29) is 0 Å². The molecule has 0 fully saturated rings. The lowest BCUT2D eigenvalue weighted by Crippen LogP contribution is -2.29. The van der Waals surface area contributed by atoms with E-state index in [2.05, 4.69) is 29.5 Å². The molecule has 0 radical (unpaired) electrons. The maximum atomic E-state index is 9.83. The molecular weight excluding hydrogens is 246 g/mol. The summed E-state index contributed by atoms with van der Waals surface area (Å²) in [7, 11) is 0. The first-order valence-corrected chi connectivity index (χ1v) is 7.03. The second-order valence-electron chi connectivity index (χ2n) is 4.23. The van der Waals surface area contributed by atoms with Gasteiger partial charge in [-0.1, -0.05) is 6.92 Å². The number of aromatic nitrogens is 2. The van der Waals surface area contributed by atoms with Gasteiger partial charge < -0.3 is 10.4 Å². The number of aliphatic hydroxyl groups excluding tert-OH is 1. The first-order valence-electron chi connectivity index (χ1n) is 6.21. The molecular formula is C13H19N3OS. The molecule has 2 aromatic heterocycles. The van der Waals surface area contributed by atoms with Crippen LogP contribution in [-0.2, 0) is 19.5 Å². The van der Waals surface area contributed by atoms with Crippen LogP contribution < -0.4 is 5.32 Å². The van der Waals surface area contributed by atoms with E-state index < -0.39 is 6.10 Å². The Hall–Kier alpha value is -1.17. The lowest BCUT2D eigenvalue weighted by Gasteiger charge is -2.11. The summed E-state index contributed by atoms with van der Waals surface area (Å²) in [6, 6.07) is 6.18. The molecule has 0 aliphatic carbocycles. The van der Waals surface area contributed by atoms with Gasteiger partial charge in [0.15, 0.2) is 0 Å². The van der Waals surface area contributed by atoms with Crippen molar-refractivity contribution in [2.45, 2.75) is 32.5 Å². The number of aliphatic hydroxyl groups is 1. The third kappa shape index (κ3) is 3.94. The second kappa shape index (κ2) is 6.68. The fraction of sp³-hybridized carbons (Fsp3) is 0.462. The van der Waals surface area contributed by atoms with Crippen LogP contribution >= 0.6 is 11.3 Å². The Balaban J connectivity index is 1.68. The maximum Gasteiger partial charge on any atom is 0.0860 e. The van der Waals surface area contributed by atoms with Crippen molar-refractivity contribution < 1.29 is 5.11 Å². The van der Waals surface area contributed by atoms with E-state index in [1.54, 1.807) is 10.9 Å². The van der Waals surface area contributed by atoms with Gasteiger partial charge in [0, 0.05) is 35.2 Å². The molecule has 2 N–H and O–H groups in total. The average molecular weight is 265 g/mol. The van der Waals surface area contributed by atoms with Crippen LogP contribution in [0, 0.1) is 0 Å². The van der Waals surface area contributed by atoms with Crippen LogP contribution in [0.4, 0.5) is 0 Å². The lowest BCUT2D eigenvalue weighted by atomic mass is 10.3. The Morgan fingerprint density at radius 1 is 1.44 bits per heavy atom. The van der Waals surface area contributed by atoms with E-state index in [0.717, 1.165) is 13.0 Å². The van der Waals surface area contributed by atoms with E-state index in [9.17, 15) is 5.11 Å². The highest BCUT2D eigenvalue weighted by Gasteiger charge is 2.05. The number of aryl methyl sites for hydroxylation is 1. The summed E-state index contributed by atoms with van der Waals surface area (Å²) >= 11 is 1.83. The van der Waals surface area contributed by atoms with Gasteiger partial charge in [-0.3, -0.25) is 4.68 Å². The average Bonchev–Trinajstić information content (AvgIpc) is 3.00. The Kier molecular flexibility index (Phi) is 4.92. The minimum Gasteiger partial charge on any atom is -0.390 e. The quantitative estimate of drug-likeness (QED) is 0.800. The molecule has 18 heavy (non-hydrogen) atoms. The second-order valence-corrected chi connectivity index (χ2v) is 5.49. The third-order valence-corrected chi connectivity index (χ3v) is 3.93. The molecule has 2 aromatic rings. The first-order chi connectivity index (χ1) is 8.78. The lowest BCUT2D eigenvalue weighted by molar-refractivity contribution is 0.146. The molecule has 0 amide bonds. The Labute approximate surface area is 111 Å². The highest BCUT2D eigenvalue weighted by atomic mass is 32.1. The first kappa shape index (κ1) is 13.3. The molecule has 5 heteroatoms. The van der Waals surface area contributed by atoms with Crippen molar-refractivity contribution >= 4 is 11.3 Å². The van der Waals surface area contributed by atoms with Crippen LogP contribution in [0.15, 0.2) is 30.6 Å². The minimum absolute atomic E-state index is 0.407. The van der Waals surface area contributed by atoms with Crippen LogP contribution in [0.1, 0.15) is 16.7 Å². The molecule has 0 aromatic carbocycles. The van der Waals surface area contributed by atoms with E-state index in [0.29, 0.717) is 13.1 Å². The van der Waals surface area contributed by atoms with Gasteiger partial charge in [0.1, 0.15) is 0 Å². The van der Waals surface area contributed by atoms with Gasteiger partial charge in [0.25, 0.3) is 0 Å². The van der Waals surface area contributed by atoms with Gasteiger partial charge >= 0.3 is 0 Å². The normalized spacial score (nSPS) is 12.8. The molecule has 2 rings (SSSR count). The summed E-state index contributed by atoms with van der Waals surface area (Å²) in [5.41, 5.74) is 0. The van der Waals surface area contributed by atoms with Gasteiger partial charge in [-0.05, 0) is 24.6 Å². The van der Waals surface area contributed by atoms with E-state index in [1.807, 2.05) is 23.6 Å². The monoisotopic (exact) mass is 265 g/mol. The van der Waals surface area contributed by atoms with Gasteiger partial charge in [0.05, 0.1) is 12.6 Å². The van der Waals surface area contributed by atoms with Crippen molar-refractivity contribution in [3.05, 3.63) is 40.3 Å². The molecule has 0 aliphatic rings. The zero-order valence-electron chi connectivity index (χ0n) is 10.5. The zero-order chi connectivity index (χ0) is 12.8. The highest BCUT2D eigenvalue weighted by Crippen LogP contribution is 2.16. The van der Waals surface area contributed by atoms with Crippen LogP contribution in [0.3, 0.4) is 0 Å². The van der Waals surface area contributed by atoms with Crippen molar-refractivity contribution in [1.82, 2.24) is 15.1 Å². The van der Waals surface area contributed by atoms with Gasteiger partial charge in [0.2, 0.25) is 0 Å². The molecule has 0 saturated heterocycles. The molecule has 1 unspecified atom stereocenters. The topological polar surface area (TPSA) is 50.1 Å². The number of nitrogens with zero attached hydrogens (tertiary/aromatic N) is 2. The predicted octanol–water partition coefficient (Wildman–Crippen LogP) is 1.66. The Morgan fingerprint density at radius 3 is 2.94 bits per heavy atom. The summed E-state index contributed by atoms with van der Waals surface area (Å²) in [5.74, 6) is 0. The minimum atomic E-state index is -0.407. The molecule has 2 heterocycles. The SMILES string of the molecule is CCc1ccc(CNCC(O)Cn2cccn2)s1. The van der Waals surface area contributed by atoms with Gasteiger partial charge in [-0.25, -0.2) is 0 Å². The summed E-state index contributed by atoms with van der Waals surface area (Å²) in [6.07, 6.45) is 4.26. The highest BCUT2D eigenvalue weighted by molar-refractivity contribution is 7.11. The third-order valence-electron chi connectivity index (χ3n) is 2.70. The fourth-order valence-electron chi connectivity index (χ4n) is 1.76. The molecule has 98 valence electrons. The van der Waals surface area contributed by atoms with Gasteiger partial charge in [-0.15, -0.1) is 11.3 Å². The predicted molar refractivity (Wildman–Crippen MR) is 73.6 cm³/mol. The largest absolute Gasteiger partial charge is 0.390 e. The van der Waals surface area contributed by atoms with Crippen LogP contribution in [0.5, 0.6) is 0 Å².